The van der Waals surface area contributed by atoms with E-state index in [0.29, 0.717) is 0 Å². The highest BCUT2D eigenvalue weighted by molar-refractivity contribution is 6.09. The van der Waals surface area contributed by atoms with E-state index in [-0.39, 0.29) is 0 Å². The van der Waals surface area contributed by atoms with E-state index in [9.17, 15) is 0 Å². The number of nitrogens with zero attached hydrogens (tertiary/aromatic N) is 1. The van der Waals surface area contributed by atoms with Gasteiger partial charge in [0.15, 0.2) is 0 Å². The van der Waals surface area contributed by atoms with Gasteiger partial charge in [-0.05, 0) is 109 Å². The van der Waals surface area contributed by atoms with E-state index >= 15 is 0 Å². The molecule has 2 heteroatoms. The molecule has 11 aromatic rings. The van der Waals surface area contributed by atoms with Gasteiger partial charge in [-0.3, -0.25) is 0 Å². The lowest BCUT2D eigenvalue weighted by molar-refractivity contribution is 0.670. The summed E-state index contributed by atoms with van der Waals surface area (Å²) in [5, 5.41) is 4.78. The summed E-state index contributed by atoms with van der Waals surface area (Å²) in [6.07, 6.45) is 0. The Bertz CT molecular complexity index is 3280. The Morgan fingerprint density at radius 1 is 0.267 bits per heavy atom. The predicted molar refractivity (Wildman–Crippen MR) is 253 cm³/mol. The molecule has 0 radical (unpaired) electrons. The first-order chi connectivity index (χ1) is 29.7. The van der Waals surface area contributed by atoms with E-state index in [4.69, 9.17) is 4.42 Å². The molecule has 1 heterocycles. The quantitative estimate of drug-likeness (QED) is 0.153. The molecule has 60 heavy (non-hydrogen) atoms. The highest BCUT2D eigenvalue weighted by Crippen LogP contribution is 2.41. The Labute approximate surface area is 349 Å². The van der Waals surface area contributed by atoms with Crippen LogP contribution in [0.25, 0.3) is 88.3 Å². The van der Waals surface area contributed by atoms with Gasteiger partial charge in [0, 0.05) is 33.4 Å². The number of rotatable bonds is 8. The summed E-state index contributed by atoms with van der Waals surface area (Å²) >= 11 is 0. The van der Waals surface area contributed by atoms with Gasteiger partial charge in [-0.15, -0.1) is 0 Å². The molecule has 0 fully saturated rings. The first kappa shape index (κ1) is 35.2. The van der Waals surface area contributed by atoms with Crippen LogP contribution in [0, 0.1) is 0 Å². The molecule has 2 nitrogen and oxygen atoms in total. The Morgan fingerprint density at radius 2 is 0.700 bits per heavy atom. The molecular formula is C58H39NO. The van der Waals surface area contributed by atoms with Gasteiger partial charge in [-0.2, -0.15) is 0 Å². The van der Waals surface area contributed by atoms with Crippen molar-refractivity contribution >= 4 is 49.8 Å². The standard InChI is InChI=1S/C58H39NO/c1-2-13-40(14-3-1)41-27-33-47(34-28-41)59(49-37-31-44(32-38-49)54-24-12-25-56-55-22-8-9-26-57(55)60-58(54)56)48-35-29-43(30-36-48)51-20-6-7-21-52(51)45-17-10-18-46(39-45)53-23-11-16-42-15-4-5-19-50(42)53/h1-39H. The van der Waals surface area contributed by atoms with Gasteiger partial charge >= 0.3 is 0 Å². The first-order valence-corrected chi connectivity index (χ1v) is 20.5. The molecule has 0 spiro atoms. The molecule has 0 atom stereocenters. The minimum absolute atomic E-state index is 0.905. The summed E-state index contributed by atoms with van der Waals surface area (Å²) in [4.78, 5) is 2.34. The lowest BCUT2D eigenvalue weighted by Crippen LogP contribution is -2.09. The van der Waals surface area contributed by atoms with Crippen LogP contribution in [0.3, 0.4) is 0 Å². The van der Waals surface area contributed by atoms with Crippen molar-refractivity contribution in [3.05, 3.63) is 237 Å². The number of furan rings is 1. The highest BCUT2D eigenvalue weighted by atomic mass is 16.3. The molecule has 0 aliphatic rings. The van der Waals surface area contributed by atoms with E-state index in [0.717, 1.165) is 50.1 Å². The zero-order chi connectivity index (χ0) is 39.8. The number of para-hydroxylation sites is 2. The molecule has 10 aromatic carbocycles. The minimum Gasteiger partial charge on any atom is -0.455 e. The molecule has 0 aliphatic heterocycles. The van der Waals surface area contributed by atoms with E-state index < -0.39 is 0 Å². The van der Waals surface area contributed by atoms with Crippen molar-refractivity contribution in [3.8, 4) is 55.6 Å². The van der Waals surface area contributed by atoms with Crippen molar-refractivity contribution in [2.45, 2.75) is 0 Å². The maximum absolute atomic E-state index is 6.42. The monoisotopic (exact) mass is 765 g/mol. The zero-order valence-electron chi connectivity index (χ0n) is 32.9. The van der Waals surface area contributed by atoms with Crippen LogP contribution in [0.4, 0.5) is 17.1 Å². The Balaban J connectivity index is 0.964. The maximum atomic E-state index is 6.42. The Hall–Kier alpha value is -7.94. The van der Waals surface area contributed by atoms with Gasteiger partial charge < -0.3 is 9.32 Å². The summed E-state index contributed by atoms with van der Waals surface area (Å²) < 4.78 is 6.42. The summed E-state index contributed by atoms with van der Waals surface area (Å²) in [6, 6.07) is 84.8. The number of fused-ring (bicyclic) bond motifs is 4. The van der Waals surface area contributed by atoms with Crippen LogP contribution in [-0.2, 0) is 0 Å². The summed E-state index contributed by atoms with van der Waals surface area (Å²) in [7, 11) is 0. The van der Waals surface area contributed by atoms with Crippen LogP contribution in [0.15, 0.2) is 241 Å². The fourth-order valence-corrected chi connectivity index (χ4v) is 8.75. The number of hydrogen-bond donors (Lipinski definition) is 0. The largest absolute Gasteiger partial charge is 0.455 e. The maximum Gasteiger partial charge on any atom is 0.143 e. The molecule has 0 saturated heterocycles. The van der Waals surface area contributed by atoms with Gasteiger partial charge in [-0.25, -0.2) is 0 Å². The van der Waals surface area contributed by atoms with Crippen LogP contribution < -0.4 is 4.90 Å². The van der Waals surface area contributed by atoms with Crippen LogP contribution >= 0.6 is 0 Å². The fraction of sp³-hybridized carbons (Fsp3) is 0. The van der Waals surface area contributed by atoms with Crippen LogP contribution in [-0.4, -0.2) is 0 Å². The summed E-state index contributed by atoms with van der Waals surface area (Å²) in [6.45, 7) is 0. The zero-order valence-corrected chi connectivity index (χ0v) is 32.9. The second-order valence-corrected chi connectivity index (χ2v) is 15.3. The summed E-state index contributed by atoms with van der Waals surface area (Å²) in [5.41, 5.74) is 16.8. The highest BCUT2D eigenvalue weighted by Gasteiger charge is 2.17. The van der Waals surface area contributed by atoms with Crippen molar-refractivity contribution in [1.29, 1.82) is 0 Å². The van der Waals surface area contributed by atoms with Crippen molar-refractivity contribution in [2.24, 2.45) is 0 Å². The number of benzene rings is 10. The van der Waals surface area contributed by atoms with Crippen LogP contribution in [0.2, 0.25) is 0 Å². The molecular weight excluding hydrogens is 727 g/mol. The van der Waals surface area contributed by atoms with Gasteiger partial charge in [0.25, 0.3) is 0 Å². The molecule has 1 aromatic heterocycles. The fourth-order valence-electron chi connectivity index (χ4n) is 8.75. The van der Waals surface area contributed by atoms with E-state index in [2.05, 4.69) is 229 Å². The lowest BCUT2D eigenvalue weighted by Gasteiger charge is -2.26. The van der Waals surface area contributed by atoms with Crippen molar-refractivity contribution < 1.29 is 4.42 Å². The SMILES string of the molecule is c1ccc(-c2ccc(N(c3ccc(-c4ccccc4-c4cccc(-c5cccc6ccccc56)c4)cc3)c3ccc(-c4cccc5c4oc4ccccc45)cc3)cc2)cc1. The average molecular weight is 766 g/mol. The van der Waals surface area contributed by atoms with Crippen molar-refractivity contribution in [1.82, 2.24) is 0 Å². The van der Waals surface area contributed by atoms with Gasteiger partial charge in [0.05, 0.1) is 0 Å². The minimum atomic E-state index is 0.905. The molecule has 0 bridgehead atoms. The summed E-state index contributed by atoms with van der Waals surface area (Å²) in [5.74, 6) is 0. The third kappa shape index (κ3) is 6.41. The molecule has 0 N–H and O–H groups in total. The van der Waals surface area contributed by atoms with E-state index in [1.807, 2.05) is 12.1 Å². The topological polar surface area (TPSA) is 16.4 Å². The van der Waals surface area contributed by atoms with Crippen LogP contribution in [0.1, 0.15) is 0 Å². The second-order valence-electron chi connectivity index (χ2n) is 15.3. The van der Waals surface area contributed by atoms with Gasteiger partial charge in [0.2, 0.25) is 0 Å². The average Bonchev–Trinajstić information content (AvgIpc) is 3.72. The predicted octanol–water partition coefficient (Wildman–Crippen LogP) is 16.5. The van der Waals surface area contributed by atoms with Crippen molar-refractivity contribution in [3.63, 3.8) is 0 Å². The van der Waals surface area contributed by atoms with Gasteiger partial charge in [0.1, 0.15) is 11.2 Å². The lowest BCUT2D eigenvalue weighted by atomic mass is 9.91. The smallest absolute Gasteiger partial charge is 0.143 e. The van der Waals surface area contributed by atoms with Crippen molar-refractivity contribution in [2.75, 3.05) is 4.90 Å². The van der Waals surface area contributed by atoms with Gasteiger partial charge in [-0.1, -0.05) is 188 Å². The molecule has 0 unspecified atom stereocenters. The molecule has 0 saturated carbocycles. The van der Waals surface area contributed by atoms with Crippen LogP contribution in [0.5, 0.6) is 0 Å². The Morgan fingerprint density at radius 3 is 1.42 bits per heavy atom. The van der Waals surface area contributed by atoms with E-state index in [1.165, 1.54) is 55.3 Å². The normalized spacial score (nSPS) is 11.3. The third-order valence-corrected chi connectivity index (χ3v) is 11.7. The molecule has 0 aliphatic carbocycles. The van der Waals surface area contributed by atoms with E-state index in [1.54, 1.807) is 0 Å². The Kier molecular flexibility index (Phi) is 8.87. The molecule has 0 amide bonds. The molecule has 282 valence electrons. The molecule has 11 rings (SSSR count). The third-order valence-electron chi connectivity index (χ3n) is 11.7. The second kappa shape index (κ2) is 15.1. The number of hydrogen-bond acceptors (Lipinski definition) is 2. The first-order valence-electron chi connectivity index (χ1n) is 20.5. The number of anilines is 3.